The van der Waals surface area contributed by atoms with Gasteiger partial charge in [0.25, 0.3) is 5.91 Å². The summed E-state index contributed by atoms with van der Waals surface area (Å²) in [6.45, 7) is 0. The summed E-state index contributed by atoms with van der Waals surface area (Å²) in [5.41, 5.74) is 0.414. The van der Waals surface area contributed by atoms with E-state index in [2.05, 4.69) is 20.0 Å². The van der Waals surface area contributed by atoms with Crippen molar-refractivity contribution in [3.8, 4) is 0 Å². The molecule has 2 aromatic heterocycles. The van der Waals surface area contributed by atoms with Crippen molar-refractivity contribution in [2.24, 2.45) is 0 Å². The fourth-order valence-corrected chi connectivity index (χ4v) is 2.07. The molecule has 3 rings (SSSR count). The van der Waals surface area contributed by atoms with Gasteiger partial charge in [0.2, 0.25) is 11.5 Å². The summed E-state index contributed by atoms with van der Waals surface area (Å²) < 4.78 is 41.6. The number of rotatable bonds is 4. The molecular formula is C17H10F3N3O3. The van der Waals surface area contributed by atoms with E-state index in [1.807, 2.05) is 0 Å². The lowest BCUT2D eigenvalue weighted by molar-refractivity contribution is -0.155. The van der Waals surface area contributed by atoms with Crippen LogP contribution < -0.4 is 5.32 Å². The second-order valence-corrected chi connectivity index (χ2v) is 5.18. The third-order valence-electron chi connectivity index (χ3n) is 3.35. The molecule has 0 radical (unpaired) electrons. The first-order chi connectivity index (χ1) is 12.3. The minimum atomic E-state index is -4.72. The first-order valence-electron chi connectivity index (χ1n) is 7.24. The molecule has 1 amide bonds. The molecular weight excluding hydrogens is 351 g/mol. The van der Waals surface area contributed by atoms with Gasteiger partial charge < -0.3 is 9.84 Å². The van der Waals surface area contributed by atoms with E-state index >= 15 is 0 Å². The van der Waals surface area contributed by atoms with Gasteiger partial charge in [0.1, 0.15) is 0 Å². The average Bonchev–Trinajstić information content (AvgIpc) is 3.13. The number of hydrogen-bond acceptors (Lipinski definition) is 5. The van der Waals surface area contributed by atoms with Gasteiger partial charge >= 0.3 is 6.18 Å². The van der Waals surface area contributed by atoms with E-state index in [1.165, 1.54) is 36.7 Å². The van der Waals surface area contributed by atoms with Gasteiger partial charge in [-0.1, -0.05) is 5.16 Å². The maximum absolute atomic E-state index is 12.5. The van der Waals surface area contributed by atoms with E-state index in [0.717, 1.165) is 0 Å². The molecule has 0 aliphatic rings. The van der Waals surface area contributed by atoms with Gasteiger partial charge in [0.15, 0.2) is 5.69 Å². The molecule has 1 N–H and O–H groups in total. The van der Waals surface area contributed by atoms with Crippen molar-refractivity contribution >= 4 is 17.4 Å². The van der Waals surface area contributed by atoms with Crippen LogP contribution in [0.1, 0.15) is 32.2 Å². The van der Waals surface area contributed by atoms with Crippen LogP contribution in [0.15, 0.2) is 59.4 Å². The van der Waals surface area contributed by atoms with Crippen molar-refractivity contribution in [1.82, 2.24) is 10.1 Å². The number of alkyl halides is 3. The number of nitrogens with zero attached hydrogens (tertiary/aromatic N) is 2. The quantitative estimate of drug-likeness (QED) is 0.718. The molecule has 0 bridgehead atoms. The van der Waals surface area contributed by atoms with Crippen LogP contribution in [0.4, 0.5) is 18.9 Å². The Hall–Kier alpha value is -3.49. The zero-order valence-corrected chi connectivity index (χ0v) is 12.9. The van der Waals surface area contributed by atoms with Crippen LogP contribution in [0.25, 0.3) is 0 Å². The molecule has 0 spiro atoms. The Morgan fingerprint density at radius 2 is 1.77 bits per heavy atom. The molecule has 0 aliphatic heterocycles. The number of nitrogens with one attached hydrogen (secondary N) is 1. The first-order valence-corrected chi connectivity index (χ1v) is 7.24. The highest BCUT2D eigenvalue weighted by molar-refractivity contribution is 6.08. The number of carbonyl (C=O) groups is 2. The van der Waals surface area contributed by atoms with Crippen LogP contribution in [0.5, 0.6) is 0 Å². The van der Waals surface area contributed by atoms with Crippen molar-refractivity contribution in [3.63, 3.8) is 0 Å². The van der Waals surface area contributed by atoms with Crippen LogP contribution in [0.2, 0.25) is 0 Å². The minimum absolute atomic E-state index is 0.103. The fourth-order valence-electron chi connectivity index (χ4n) is 2.07. The molecule has 0 atom stereocenters. The Kier molecular flexibility index (Phi) is 4.53. The standard InChI is InChI=1S/C17H10F3N3O3/c18-17(19,20)14-8-13(23-26-14)15(24)10-3-5-12(6-4-10)22-16(25)11-2-1-7-21-9-11/h1-9H,(H,22,25). The third kappa shape index (κ3) is 3.77. The molecule has 3 aromatic rings. The number of carbonyl (C=O) groups excluding carboxylic acids is 2. The average molecular weight is 361 g/mol. The molecule has 0 fully saturated rings. The van der Waals surface area contributed by atoms with Crippen molar-refractivity contribution in [3.05, 3.63) is 77.4 Å². The number of amides is 1. The molecule has 26 heavy (non-hydrogen) atoms. The Balaban J connectivity index is 1.72. The Morgan fingerprint density at radius 1 is 1.04 bits per heavy atom. The minimum Gasteiger partial charge on any atom is -0.351 e. The molecule has 0 saturated heterocycles. The van der Waals surface area contributed by atoms with E-state index in [4.69, 9.17) is 0 Å². The van der Waals surface area contributed by atoms with E-state index in [0.29, 0.717) is 17.3 Å². The number of ketones is 1. The van der Waals surface area contributed by atoms with Gasteiger partial charge in [-0.3, -0.25) is 14.6 Å². The van der Waals surface area contributed by atoms with Gasteiger partial charge in [-0.25, -0.2) is 0 Å². The summed E-state index contributed by atoms with van der Waals surface area (Å²) in [5, 5.41) is 5.76. The van der Waals surface area contributed by atoms with Crippen molar-refractivity contribution in [2.75, 3.05) is 5.32 Å². The van der Waals surface area contributed by atoms with Gasteiger partial charge in [0, 0.05) is 29.7 Å². The highest BCUT2D eigenvalue weighted by Gasteiger charge is 2.36. The summed E-state index contributed by atoms with van der Waals surface area (Å²) in [6.07, 6.45) is -1.78. The highest BCUT2D eigenvalue weighted by atomic mass is 19.4. The topological polar surface area (TPSA) is 85.1 Å². The predicted octanol–water partition coefficient (Wildman–Crippen LogP) is 3.57. The Bertz CT molecular complexity index is 935. The van der Waals surface area contributed by atoms with Crippen molar-refractivity contribution in [1.29, 1.82) is 0 Å². The van der Waals surface area contributed by atoms with Crippen LogP contribution in [0.3, 0.4) is 0 Å². The van der Waals surface area contributed by atoms with E-state index < -0.39 is 23.4 Å². The number of aromatic nitrogens is 2. The SMILES string of the molecule is O=C(Nc1ccc(C(=O)c2cc(C(F)(F)F)on2)cc1)c1cccnc1. The van der Waals surface area contributed by atoms with E-state index in [9.17, 15) is 22.8 Å². The van der Waals surface area contributed by atoms with Crippen LogP contribution >= 0.6 is 0 Å². The van der Waals surface area contributed by atoms with Crippen LogP contribution in [0, 0.1) is 0 Å². The second kappa shape index (κ2) is 6.79. The summed E-state index contributed by atoms with van der Waals surface area (Å²) >= 11 is 0. The Labute approximate surface area is 144 Å². The van der Waals surface area contributed by atoms with Gasteiger partial charge in [-0.15, -0.1) is 0 Å². The lowest BCUT2D eigenvalue weighted by Crippen LogP contribution is -2.12. The molecule has 9 heteroatoms. The van der Waals surface area contributed by atoms with Crippen molar-refractivity contribution in [2.45, 2.75) is 6.18 Å². The molecule has 1 aromatic carbocycles. The summed E-state index contributed by atoms with van der Waals surface area (Å²) in [6, 6.07) is 9.37. The molecule has 0 saturated carbocycles. The van der Waals surface area contributed by atoms with Crippen molar-refractivity contribution < 1.29 is 27.3 Å². The third-order valence-corrected chi connectivity index (χ3v) is 3.35. The van der Waals surface area contributed by atoms with E-state index in [-0.39, 0.29) is 11.5 Å². The zero-order chi connectivity index (χ0) is 18.7. The number of pyridine rings is 1. The largest absolute Gasteiger partial charge is 0.452 e. The summed E-state index contributed by atoms with van der Waals surface area (Å²) in [4.78, 5) is 28.0. The lowest BCUT2D eigenvalue weighted by atomic mass is 10.1. The normalized spacial score (nSPS) is 11.2. The zero-order valence-electron chi connectivity index (χ0n) is 12.9. The first kappa shape index (κ1) is 17.3. The van der Waals surface area contributed by atoms with E-state index in [1.54, 1.807) is 12.1 Å². The molecule has 2 heterocycles. The van der Waals surface area contributed by atoms with Gasteiger partial charge in [0.05, 0.1) is 5.56 Å². The second-order valence-electron chi connectivity index (χ2n) is 5.18. The molecule has 0 aliphatic carbocycles. The number of anilines is 1. The Morgan fingerprint density at radius 3 is 2.35 bits per heavy atom. The maximum Gasteiger partial charge on any atom is 0.452 e. The highest BCUT2D eigenvalue weighted by Crippen LogP contribution is 2.30. The number of halogens is 3. The van der Waals surface area contributed by atoms with Crippen LogP contribution in [-0.4, -0.2) is 21.8 Å². The maximum atomic E-state index is 12.5. The number of benzene rings is 1. The fraction of sp³-hybridized carbons (Fsp3) is 0.0588. The van der Waals surface area contributed by atoms with Gasteiger partial charge in [-0.2, -0.15) is 13.2 Å². The molecule has 6 nitrogen and oxygen atoms in total. The number of hydrogen-bond donors (Lipinski definition) is 1. The molecule has 132 valence electrons. The monoisotopic (exact) mass is 361 g/mol. The molecule has 0 unspecified atom stereocenters. The van der Waals surface area contributed by atoms with Crippen LogP contribution in [-0.2, 0) is 6.18 Å². The summed E-state index contributed by atoms with van der Waals surface area (Å²) in [5.74, 6) is -2.46. The predicted molar refractivity (Wildman–Crippen MR) is 83.6 cm³/mol. The lowest BCUT2D eigenvalue weighted by Gasteiger charge is -2.05. The smallest absolute Gasteiger partial charge is 0.351 e. The van der Waals surface area contributed by atoms with Gasteiger partial charge in [-0.05, 0) is 36.4 Å². The summed E-state index contributed by atoms with van der Waals surface area (Å²) in [7, 11) is 0.